The Bertz CT molecular complexity index is 650. The molecule has 2 rings (SSSR count). The first-order valence-corrected chi connectivity index (χ1v) is 8.70. The SMILES string of the molecule is COC1CCN(S(=O)(=O)c2cc(NC(C)=O)ccc2C)CC1. The zero-order valence-electron chi connectivity index (χ0n) is 13.1. The summed E-state index contributed by atoms with van der Waals surface area (Å²) < 4.78 is 32.4. The van der Waals surface area contributed by atoms with Gasteiger partial charge in [0.15, 0.2) is 0 Å². The summed E-state index contributed by atoms with van der Waals surface area (Å²) in [5.74, 6) is -0.229. The van der Waals surface area contributed by atoms with E-state index < -0.39 is 10.0 Å². The number of nitrogens with zero attached hydrogens (tertiary/aromatic N) is 1. The average molecular weight is 326 g/mol. The van der Waals surface area contributed by atoms with E-state index in [9.17, 15) is 13.2 Å². The number of hydrogen-bond acceptors (Lipinski definition) is 4. The highest BCUT2D eigenvalue weighted by Crippen LogP contribution is 2.26. The molecule has 0 aromatic heterocycles. The number of piperidine rings is 1. The molecule has 1 aromatic rings. The van der Waals surface area contributed by atoms with Crippen molar-refractivity contribution in [3.05, 3.63) is 23.8 Å². The van der Waals surface area contributed by atoms with Crippen molar-refractivity contribution in [2.24, 2.45) is 0 Å². The number of benzene rings is 1. The summed E-state index contributed by atoms with van der Waals surface area (Å²) in [7, 11) is -1.91. The van der Waals surface area contributed by atoms with E-state index in [4.69, 9.17) is 4.74 Å². The molecular formula is C15H22N2O4S. The zero-order valence-corrected chi connectivity index (χ0v) is 13.9. The van der Waals surface area contributed by atoms with Gasteiger partial charge in [-0.1, -0.05) is 6.07 Å². The maximum Gasteiger partial charge on any atom is 0.243 e. The van der Waals surface area contributed by atoms with Crippen molar-refractivity contribution in [1.82, 2.24) is 4.31 Å². The van der Waals surface area contributed by atoms with Crippen molar-refractivity contribution in [3.8, 4) is 0 Å². The van der Waals surface area contributed by atoms with Gasteiger partial charge in [-0.05, 0) is 37.5 Å². The Labute approximate surface area is 131 Å². The first kappa shape index (κ1) is 16.9. The monoisotopic (exact) mass is 326 g/mol. The number of amides is 1. The molecule has 0 radical (unpaired) electrons. The molecule has 0 aliphatic carbocycles. The molecule has 1 heterocycles. The van der Waals surface area contributed by atoms with Crippen LogP contribution in [-0.2, 0) is 19.6 Å². The fourth-order valence-electron chi connectivity index (χ4n) is 2.61. The molecule has 7 heteroatoms. The number of methoxy groups -OCH3 is 1. The van der Waals surface area contributed by atoms with Crippen LogP contribution in [0, 0.1) is 6.92 Å². The molecule has 0 saturated carbocycles. The molecule has 22 heavy (non-hydrogen) atoms. The number of anilines is 1. The quantitative estimate of drug-likeness (QED) is 0.914. The van der Waals surface area contributed by atoms with Gasteiger partial charge in [0, 0.05) is 32.8 Å². The van der Waals surface area contributed by atoms with Crippen LogP contribution in [0.5, 0.6) is 0 Å². The first-order valence-electron chi connectivity index (χ1n) is 7.26. The molecule has 1 aliphatic heterocycles. The van der Waals surface area contributed by atoms with Crippen LogP contribution in [0.3, 0.4) is 0 Å². The Balaban J connectivity index is 2.27. The van der Waals surface area contributed by atoms with Crippen LogP contribution in [0.4, 0.5) is 5.69 Å². The summed E-state index contributed by atoms with van der Waals surface area (Å²) in [6.45, 7) is 4.05. The molecule has 1 aliphatic rings. The number of sulfonamides is 1. The van der Waals surface area contributed by atoms with Gasteiger partial charge >= 0.3 is 0 Å². The van der Waals surface area contributed by atoms with Gasteiger partial charge in [-0.2, -0.15) is 4.31 Å². The Morgan fingerprint density at radius 1 is 1.32 bits per heavy atom. The van der Waals surface area contributed by atoms with Crippen LogP contribution in [-0.4, -0.2) is 44.9 Å². The standard InChI is InChI=1S/C15H22N2O4S/c1-11-4-5-13(16-12(2)18)10-15(11)22(19,20)17-8-6-14(21-3)7-9-17/h4-5,10,14H,6-9H2,1-3H3,(H,16,18). The van der Waals surface area contributed by atoms with Crippen molar-refractivity contribution in [1.29, 1.82) is 0 Å². The van der Waals surface area contributed by atoms with Crippen molar-refractivity contribution in [2.45, 2.75) is 37.7 Å². The third-order valence-corrected chi connectivity index (χ3v) is 5.90. The molecule has 0 unspecified atom stereocenters. The molecule has 1 fully saturated rings. The van der Waals surface area contributed by atoms with Crippen LogP contribution < -0.4 is 5.32 Å². The Hall–Kier alpha value is -1.44. The molecule has 6 nitrogen and oxygen atoms in total. The van der Waals surface area contributed by atoms with Crippen LogP contribution in [0.1, 0.15) is 25.3 Å². The molecule has 0 bridgehead atoms. The lowest BCUT2D eigenvalue weighted by Crippen LogP contribution is -2.40. The van der Waals surface area contributed by atoms with E-state index >= 15 is 0 Å². The molecule has 1 saturated heterocycles. The predicted molar refractivity (Wildman–Crippen MR) is 84.3 cm³/mol. The minimum Gasteiger partial charge on any atom is -0.381 e. The molecule has 0 atom stereocenters. The van der Waals surface area contributed by atoms with Gasteiger partial charge in [0.25, 0.3) is 0 Å². The van der Waals surface area contributed by atoms with E-state index in [1.54, 1.807) is 26.2 Å². The first-order chi connectivity index (χ1) is 10.3. The number of hydrogen-bond donors (Lipinski definition) is 1. The number of ether oxygens (including phenoxy) is 1. The summed E-state index contributed by atoms with van der Waals surface area (Å²) in [5.41, 5.74) is 1.16. The van der Waals surface area contributed by atoms with E-state index in [0.29, 0.717) is 37.2 Å². The second-order valence-electron chi connectivity index (χ2n) is 5.50. The Morgan fingerprint density at radius 3 is 2.50 bits per heavy atom. The normalized spacial score (nSPS) is 17.4. The van der Waals surface area contributed by atoms with Gasteiger partial charge in [-0.25, -0.2) is 8.42 Å². The summed E-state index contributed by atoms with van der Waals surface area (Å²) in [6.07, 6.45) is 1.51. The number of rotatable bonds is 4. The molecule has 1 aromatic carbocycles. The van der Waals surface area contributed by atoms with Crippen molar-refractivity contribution < 1.29 is 17.9 Å². The second kappa shape index (κ2) is 6.76. The maximum atomic E-state index is 12.8. The third kappa shape index (κ3) is 3.66. The fourth-order valence-corrected chi connectivity index (χ4v) is 4.33. The topological polar surface area (TPSA) is 75.7 Å². The lowest BCUT2D eigenvalue weighted by molar-refractivity contribution is -0.114. The highest BCUT2D eigenvalue weighted by molar-refractivity contribution is 7.89. The van der Waals surface area contributed by atoms with E-state index in [-0.39, 0.29) is 16.9 Å². The number of carbonyl (C=O) groups is 1. The molecular weight excluding hydrogens is 304 g/mol. The second-order valence-corrected chi connectivity index (χ2v) is 7.41. The lowest BCUT2D eigenvalue weighted by atomic mass is 10.1. The lowest BCUT2D eigenvalue weighted by Gasteiger charge is -2.30. The van der Waals surface area contributed by atoms with E-state index in [1.807, 2.05) is 0 Å². The van der Waals surface area contributed by atoms with Crippen molar-refractivity contribution in [2.75, 3.05) is 25.5 Å². The van der Waals surface area contributed by atoms with Crippen LogP contribution in [0.15, 0.2) is 23.1 Å². The van der Waals surface area contributed by atoms with Gasteiger partial charge in [0.05, 0.1) is 11.0 Å². The van der Waals surface area contributed by atoms with Gasteiger partial charge in [0.1, 0.15) is 0 Å². The molecule has 1 N–H and O–H groups in total. The minimum absolute atomic E-state index is 0.123. The fraction of sp³-hybridized carbons (Fsp3) is 0.533. The summed E-state index contributed by atoms with van der Waals surface area (Å²) in [6, 6.07) is 4.93. The van der Waals surface area contributed by atoms with Gasteiger partial charge in [0.2, 0.25) is 15.9 Å². The zero-order chi connectivity index (χ0) is 16.3. The Kier molecular flexibility index (Phi) is 5.20. The third-order valence-electron chi connectivity index (χ3n) is 3.86. The van der Waals surface area contributed by atoms with Crippen molar-refractivity contribution in [3.63, 3.8) is 0 Å². The van der Waals surface area contributed by atoms with Gasteiger partial charge in [-0.15, -0.1) is 0 Å². The largest absolute Gasteiger partial charge is 0.381 e. The highest BCUT2D eigenvalue weighted by Gasteiger charge is 2.30. The van der Waals surface area contributed by atoms with Gasteiger partial charge in [-0.3, -0.25) is 4.79 Å². The molecule has 122 valence electrons. The summed E-state index contributed by atoms with van der Waals surface area (Å²) in [4.78, 5) is 11.4. The minimum atomic E-state index is -3.56. The van der Waals surface area contributed by atoms with E-state index in [2.05, 4.69) is 5.32 Å². The maximum absolute atomic E-state index is 12.8. The van der Waals surface area contributed by atoms with Crippen LogP contribution in [0.25, 0.3) is 0 Å². The highest BCUT2D eigenvalue weighted by atomic mass is 32.2. The van der Waals surface area contributed by atoms with Crippen LogP contribution >= 0.6 is 0 Å². The molecule has 1 amide bonds. The number of nitrogens with one attached hydrogen (secondary N) is 1. The number of aryl methyl sites for hydroxylation is 1. The van der Waals surface area contributed by atoms with E-state index in [0.717, 1.165) is 0 Å². The van der Waals surface area contributed by atoms with Crippen molar-refractivity contribution >= 4 is 21.6 Å². The smallest absolute Gasteiger partial charge is 0.243 e. The summed E-state index contributed by atoms with van der Waals surface area (Å²) >= 11 is 0. The summed E-state index contributed by atoms with van der Waals surface area (Å²) in [5, 5.41) is 2.62. The average Bonchev–Trinajstić information content (AvgIpc) is 2.48. The van der Waals surface area contributed by atoms with E-state index in [1.165, 1.54) is 17.3 Å². The number of carbonyl (C=O) groups excluding carboxylic acids is 1. The molecule has 0 spiro atoms. The predicted octanol–water partition coefficient (Wildman–Crippen LogP) is 1.75. The van der Waals surface area contributed by atoms with Gasteiger partial charge < -0.3 is 10.1 Å². The van der Waals surface area contributed by atoms with Crippen LogP contribution in [0.2, 0.25) is 0 Å². The Morgan fingerprint density at radius 2 is 1.95 bits per heavy atom.